The molecule has 2 bridgehead atoms. The number of hydrogen-bond acceptors (Lipinski definition) is 1. The predicted molar refractivity (Wildman–Crippen MR) is 73.3 cm³/mol. The van der Waals surface area contributed by atoms with E-state index in [1.807, 2.05) is 0 Å². The summed E-state index contributed by atoms with van der Waals surface area (Å²) in [7, 11) is 0. The number of hydrogen-bond donors (Lipinski definition) is 1. The third-order valence-corrected chi connectivity index (χ3v) is 5.09. The summed E-state index contributed by atoms with van der Waals surface area (Å²) in [6.45, 7) is 4.48. The van der Waals surface area contributed by atoms with Gasteiger partial charge in [-0.3, -0.25) is 4.79 Å². The van der Waals surface area contributed by atoms with Crippen LogP contribution in [0.5, 0.6) is 0 Å². The Morgan fingerprint density at radius 2 is 2.28 bits per heavy atom. The van der Waals surface area contributed by atoms with Crippen LogP contribution in [0.25, 0.3) is 0 Å². The molecular weight excluding hydrogens is 224 g/mol. The maximum absolute atomic E-state index is 11.4. The van der Waals surface area contributed by atoms with Gasteiger partial charge in [-0.25, -0.2) is 0 Å². The second-order valence-corrected chi connectivity index (χ2v) is 6.30. The van der Waals surface area contributed by atoms with Gasteiger partial charge in [-0.05, 0) is 31.1 Å². The summed E-state index contributed by atoms with van der Waals surface area (Å²) in [4.78, 5) is 11.4. The first-order valence-corrected chi connectivity index (χ1v) is 7.53. The average Bonchev–Trinajstić information content (AvgIpc) is 2.91. The summed E-state index contributed by atoms with van der Waals surface area (Å²) in [5, 5.41) is 9.43. The smallest absolute Gasteiger partial charge is 0.307 e. The van der Waals surface area contributed by atoms with E-state index in [1.165, 1.54) is 25.7 Å². The van der Waals surface area contributed by atoms with E-state index in [2.05, 4.69) is 26.0 Å². The van der Waals surface area contributed by atoms with Crippen LogP contribution in [-0.2, 0) is 4.79 Å². The first-order chi connectivity index (χ1) is 8.61. The van der Waals surface area contributed by atoms with Crippen molar-refractivity contribution in [2.24, 2.45) is 23.2 Å². The minimum Gasteiger partial charge on any atom is -0.481 e. The maximum atomic E-state index is 11.4. The Hall–Kier alpha value is -0.790. The quantitative estimate of drug-likeness (QED) is 0.685. The summed E-state index contributed by atoms with van der Waals surface area (Å²) >= 11 is 0. The molecule has 102 valence electrons. The maximum Gasteiger partial charge on any atom is 0.307 e. The van der Waals surface area contributed by atoms with Gasteiger partial charge in [-0.15, -0.1) is 0 Å². The van der Waals surface area contributed by atoms with E-state index < -0.39 is 5.97 Å². The van der Waals surface area contributed by atoms with Crippen molar-refractivity contribution >= 4 is 5.97 Å². The molecule has 4 atom stereocenters. The average molecular weight is 250 g/mol. The number of fused-ring (bicyclic) bond motifs is 2. The minimum atomic E-state index is -0.577. The second kappa shape index (κ2) is 5.46. The molecule has 2 aliphatic rings. The van der Waals surface area contributed by atoms with Crippen LogP contribution >= 0.6 is 0 Å². The fraction of sp³-hybridized carbons (Fsp3) is 0.812. The molecule has 2 heteroatoms. The van der Waals surface area contributed by atoms with Gasteiger partial charge < -0.3 is 5.11 Å². The van der Waals surface area contributed by atoms with Crippen molar-refractivity contribution in [1.82, 2.24) is 0 Å². The highest BCUT2D eigenvalue weighted by Gasteiger charge is 2.52. The molecule has 18 heavy (non-hydrogen) atoms. The third-order valence-electron chi connectivity index (χ3n) is 5.09. The molecule has 1 saturated carbocycles. The number of carboxylic acids is 1. The van der Waals surface area contributed by atoms with Gasteiger partial charge in [0.15, 0.2) is 0 Å². The molecular formula is C16H26O2. The molecule has 2 aliphatic carbocycles. The van der Waals surface area contributed by atoms with Crippen LogP contribution in [0.1, 0.15) is 58.8 Å². The number of aliphatic carboxylic acids is 1. The van der Waals surface area contributed by atoms with Crippen LogP contribution in [0.4, 0.5) is 0 Å². The van der Waals surface area contributed by atoms with Crippen LogP contribution < -0.4 is 0 Å². The Balaban J connectivity index is 2.05. The van der Waals surface area contributed by atoms with Crippen molar-refractivity contribution in [3.05, 3.63) is 12.2 Å². The molecule has 2 rings (SSSR count). The lowest BCUT2D eigenvalue weighted by Gasteiger charge is -2.33. The zero-order valence-corrected chi connectivity index (χ0v) is 11.7. The molecule has 0 aromatic rings. The standard InChI is InChI=1S/C16H26O2/c1-3-5-6-12(4-2)10-16-8-7-13(11-16)9-14(16)15(17)18/h7-8,12-14H,3-6,9-11H2,1-2H3,(H,17,18). The summed E-state index contributed by atoms with van der Waals surface area (Å²) in [5.41, 5.74) is -0.00901. The molecule has 0 aromatic heterocycles. The number of carboxylic acid groups (broad SMARTS) is 1. The predicted octanol–water partition coefficient (Wildman–Crippen LogP) is 4.26. The fourth-order valence-corrected chi connectivity index (χ4v) is 4.03. The van der Waals surface area contributed by atoms with Gasteiger partial charge in [0.2, 0.25) is 0 Å². The molecule has 0 radical (unpaired) electrons. The number of rotatable bonds is 7. The summed E-state index contributed by atoms with van der Waals surface area (Å²) in [6, 6.07) is 0. The van der Waals surface area contributed by atoms with Gasteiger partial charge in [0.25, 0.3) is 0 Å². The SMILES string of the molecule is CCCCC(CC)CC12C=CC(CC1C(=O)O)C2. The lowest BCUT2D eigenvalue weighted by Crippen LogP contribution is -2.31. The van der Waals surface area contributed by atoms with Gasteiger partial charge in [-0.2, -0.15) is 0 Å². The molecule has 0 heterocycles. The van der Waals surface area contributed by atoms with Gasteiger partial charge in [0.1, 0.15) is 0 Å². The molecule has 1 fully saturated rings. The van der Waals surface area contributed by atoms with E-state index in [0.717, 1.165) is 19.3 Å². The van der Waals surface area contributed by atoms with Gasteiger partial charge >= 0.3 is 5.97 Å². The summed E-state index contributed by atoms with van der Waals surface area (Å²) in [6.07, 6.45) is 12.5. The number of carbonyl (C=O) groups is 1. The Bertz CT molecular complexity index is 334. The van der Waals surface area contributed by atoms with E-state index in [-0.39, 0.29) is 11.3 Å². The largest absolute Gasteiger partial charge is 0.481 e. The van der Waals surface area contributed by atoms with Crippen LogP contribution in [0.15, 0.2) is 12.2 Å². The van der Waals surface area contributed by atoms with Crippen molar-refractivity contribution in [1.29, 1.82) is 0 Å². The molecule has 0 spiro atoms. The highest BCUT2D eigenvalue weighted by molar-refractivity contribution is 5.72. The Morgan fingerprint density at radius 3 is 2.83 bits per heavy atom. The topological polar surface area (TPSA) is 37.3 Å². The van der Waals surface area contributed by atoms with Gasteiger partial charge in [-0.1, -0.05) is 51.7 Å². The monoisotopic (exact) mass is 250 g/mol. The lowest BCUT2D eigenvalue weighted by molar-refractivity contribution is -0.144. The van der Waals surface area contributed by atoms with Crippen molar-refractivity contribution in [2.75, 3.05) is 0 Å². The Morgan fingerprint density at radius 1 is 1.50 bits per heavy atom. The fourth-order valence-electron chi connectivity index (χ4n) is 4.03. The zero-order valence-electron chi connectivity index (χ0n) is 11.7. The second-order valence-electron chi connectivity index (χ2n) is 6.30. The van der Waals surface area contributed by atoms with Crippen molar-refractivity contribution in [2.45, 2.75) is 58.8 Å². The first kappa shape index (κ1) is 13.6. The van der Waals surface area contributed by atoms with Crippen molar-refractivity contribution < 1.29 is 9.90 Å². The third kappa shape index (κ3) is 2.48. The molecule has 0 saturated heterocycles. The highest BCUT2D eigenvalue weighted by Crippen LogP contribution is 2.57. The minimum absolute atomic E-state index is 0.00901. The molecule has 0 amide bonds. The normalized spacial score (nSPS) is 35.0. The first-order valence-electron chi connectivity index (χ1n) is 7.53. The van der Waals surface area contributed by atoms with Crippen LogP contribution in [0, 0.1) is 23.2 Å². The lowest BCUT2D eigenvalue weighted by atomic mass is 9.70. The van der Waals surface area contributed by atoms with E-state index in [4.69, 9.17) is 0 Å². The van der Waals surface area contributed by atoms with E-state index >= 15 is 0 Å². The van der Waals surface area contributed by atoms with Crippen molar-refractivity contribution in [3.63, 3.8) is 0 Å². The Kier molecular flexibility index (Phi) is 4.14. The summed E-state index contributed by atoms with van der Waals surface area (Å²) in [5.74, 6) is 0.540. The molecule has 0 aliphatic heterocycles. The Labute approximate surface area is 110 Å². The zero-order chi connectivity index (χ0) is 13.2. The molecule has 0 aromatic carbocycles. The molecule has 4 unspecified atom stereocenters. The van der Waals surface area contributed by atoms with Gasteiger partial charge in [0.05, 0.1) is 5.92 Å². The van der Waals surface area contributed by atoms with E-state index in [1.54, 1.807) is 0 Å². The van der Waals surface area contributed by atoms with Gasteiger partial charge in [0, 0.05) is 5.41 Å². The highest BCUT2D eigenvalue weighted by atomic mass is 16.4. The number of unbranched alkanes of at least 4 members (excludes halogenated alkanes) is 1. The van der Waals surface area contributed by atoms with E-state index in [0.29, 0.717) is 11.8 Å². The summed E-state index contributed by atoms with van der Waals surface area (Å²) < 4.78 is 0. The van der Waals surface area contributed by atoms with Crippen LogP contribution in [0.3, 0.4) is 0 Å². The van der Waals surface area contributed by atoms with Crippen LogP contribution in [0.2, 0.25) is 0 Å². The van der Waals surface area contributed by atoms with Crippen molar-refractivity contribution in [3.8, 4) is 0 Å². The van der Waals surface area contributed by atoms with E-state index in [9.17, 15) is 9.90 Å². The molecule has 1 N–H and O–H groups in total. The molecule has 2 nitrogen and oxygen atoms in total. The van der Waals surface area contributed by atoms with Crippen LogP contribution in [-0.4, -0.2) is 11.1 Å². The number of allylic oxidation sites excluding steroid dienone is 2.